The van der Waals surface area contributed by atoms with E-state index in [1.807, 2.05) is 0 Å². The van der Waals surface area contributed by atoms with Crippen molar-refractivity contribution < 1.29 is 14.3 Å². The smallest absolute Gasteiger partial charge is 0.303 e. The van der Waals surface area contributed by atoms with Gasteiger partial charge in [-0.2, -0.15) is 0 Å². The van der Waals surface area contributed by atoms with Gasteiger partial charge in [0.2, 0.25) is 0 Å². The molecule has 0 amide bonds. The Labute approximate surface area is 84.1 Å². The number of rotatable bonds is 3. The summed E-state index contributed by atoms with van der Waals surface area (Å²) in [6.07, 6.45) is 2.15. The average molecular weight is 196 g/mol. The Balaban J connectivity index is 2.55. The fourth-order valence-electron chi connectivity index (χ4n) is 1.85. The summed E-state index contributed by atoms with van der Waals surface area (Å²) in [5.74, 6) is -0.512. The highest BCUT2D eigenvalue weighted by atomic mass is 16.5. The fraction of sp³-hybridized carbons (Fsp3) is 0.636. The van der Waals surface area contributed by atoms with E-state index in [4.69, 9.17) is 4.74 Å². The zero-order chi connectivity index (χ0) is 10.7. The maximum atomic E-state index is 11.8. The minimum atomic E-state index is -0.632. The molecule has 0 aromatic rings. The molecule has 1 fully saturated rings. The third kappa shape index (κ3) is 2.44. The molecule has 3 nitrogen and oxygen atoms in total. The first-order valence-electron chi connectivity index (χ1n) is 4.91. The lowest BCUT2D eigenvalue weighted by atomic mass is 9.96. The van der Waals surface area contributed by atoms with Crippen molar-refractivity contribution in [2.24, 2.45) is 5.92 Å². The lowest BCUT2D eigenvalue weighted by Gasteiger charge is -2.15. The third-order valence-corrected chi connectivity index (χ3v) is 2.57. The van der Waals surface area contributed by atoms with Crippen molar-refractivity contribution in [2.45, 2.75) is 39.2 Å². The van der Waals surface area contributed by atoms with Gasteiger partial charge in [0.15, 0.2) is 11.9 Å². The molecule has 0 radical (unpaired) electrons. The number of hydrogen-bond acceptors (Lipinski definition) is 3. The van der Waals surface area contributed by atoms with Crippen molar-refractivity contribution in [3.63, 3.8) is 0 Å². The van der Waals surface area contributed by atoms with Crippen molar-refractivity contribution in [3.05, 3.63) is 12.2 Å². The summed E-state index contributed by atoms with van der Waals surface area (Å²) in [5, 5.41) is 0. The van der Waals surface area contributed by atoms with Crippen molar-refractivity contribution in [2.75, 3.05) is 0 Å². The summed E-state index contributed by atoms with van der Waals surface area (Å²) < 4.78 is 4.84. The van der Waals surface area contributed by atoms with Crippen LogP contribution in [0.15, 0.2) is 12.2 Å². The summed E-state index contributed by atoms with van der Waals surface area (Å²) in [7, 11) is 0. The van der Waals surface area contributed by atoms with Crippen LogP contribution in [0.25, 0.3) is 0 Å². The first-order valence-corrected chi connectivity index (χ1v) is 4.91. The molecule has 1 aliphatic rings. The van der Waals surface area contributed by atoms with E-state index >= 15 is 0 Å². The van der Waals surface area contributed by atoms with Gasteiger partial charge in [0, 0.05) is 12.8 Å². The molecule has 78 valence electrons. The van der Waals surface area contributed by atoms with Crippen LogP contribution in [0.5, 0.6) is 0 Å². The molecule has 1 saturated carbocycles. The zero-order valence-corrected chi connectivity index (χ0v) is 8.71. The van der Waals surface area contributed by atoms with Crippen molar-refractivity contribution in [1.29, 1.82) is 0 Å². The SMILES string of the molecule is C=C1CCCC1C(=O)C(C)OC(C)=O. The van der Waals surface area contributed by atoms with Crippen LogP contribution in [0.4, 0.5) is 0 Å². The summed E-state index contributed by atoms with van der Waals surface area (Å²) in [4.78, 5) is 22.4. The van der Waals surface area contributed by atoms with Crippen LogP contribution >= 0.6 is 0 Å². The van der Waals surface area contributed by atoms with Crippen molar-refractivity contribution in [3.8, 4) is 0 Å². The molecule has 0 aliphatic heterocycles. The lowest BCUT2D eigenvalue weighted by molar-refractivity contribution is -0.152. The van der Waals surface area contributed by atoms with Gasteiger partial charge in [0.05, 0.1) is 0 Å². The Morgan fingerprint density at radius 2 is 2.21 bits per heavy atom. The molecule has 0 bridgehead atoms. The molecule has 0 aromatic heterocycles. The zero-order valence-electron chi connectivity index (χ0n) is 8.71. The van der Waals surface area contributed by atoms with Crippen LogP contribution in [0.2, 0.25) is 0 Å². The van der Waals surface area contributed by atoms with Crippen molar-refractivity contribution >= 4 is 11.8 Å². The summed E-state index contributed by atoms with van der Waals surface area (Å²) >= 11 is 0. The molecule has 2 unspecified atom stereocenters. The van der Waals surface area contributed by atoms with Gasteiger partial charge in [-0.25, -0.2) is 0 Å². The van der Waals surface area contributed by atoms with E-state index < -0.39 is 12.1 Å². The number of Topliss-reactive ketones (excluding diaryl/α,β-unsaturated/α-hetero) is 1. The Morgan fingerprint density at radius 1 is 1.57 bits per heavy atom. The van der Waals surface area contributed by atoms with Crippen LogP contribution in [0, 0.1) is 5.92 Å². The predicted molar refractivity (Wildman–Crippen MR) is 52.7 cm³/mol. The second-order valence-electron chi connectivity index (χ2n) is 3.76. The van der Waals surface area contributed by atoms with Crippen LogP contribution < -0.4 is 0 Å². The Kier molecular flexibility index (Phi) is 3.44. The molecule has 2 atom stereocenters. The Hall–Kier alpha value is -1.12. The molecule has 0 spiro atoms. The standard InChI is InChI=1S/C11H16O3/c1-7-5-4-6-10(7)11(13)8(2)14-9(3)12/h8,10H,1,4-6H2,2-3H3. The van der Waals surface area contributed by atoms with Gasteiger partial charge < -0.3 is 4.74 Å². The highest BCUT2D eigenvalue weighted by molar-refractivity contribution is 5.89. The number of ketones is 1. The topological polar surface area (TPSA) is 43.4 Å². The van der Waals surface area contributed by atoms with E-state index in [0.29, 0.717) is 0 Å². The second-order valence-corrected chi connectivity index (χ2v) is 3.76. The van der Waals surface area contributed by atoms with E-state index in [1.165, 1.54) is 6.92 Å². The molecule has 0 saturated heterocycles. The molecule has 0 N–H and O–H groups in total. The molecular formula is C11H16O3. The molecular weight excluding hydrogens is 180 g/mol. The highest BCUT2D eigenvalue weighted by Gasteiger charge is 2.30. The van der Waals surface area contributed by atoms with Gasteiger partial charge in [0.25, 0.3) is 0 Å². The van der Waals surface area contributed by atoms with Gasteiger partial charge in [-0.1, -0.05) is 12.2 Å². The van der Waals surface area contributed by atoms with Crippen LogP contribution in [-0.4, -0.2) is 17.9 Å². The van der Waals surface area contributed by atoms with Crippen LogP contribution in [0.3, 0.4) is 0 Å². The first kappa shape index (κ1) is 11.0. The Bertz CT molecular complexity index is 268. The average Bonchev–Trinajstić information content (AvgIpc) is 2.48. The summed E-state index contributed by atoms with van der Waals surface area (Å²) in [6, 6.07) is 0. The summed E-state index contributed by atoms with van der Waals surface area (Å²) in [5.41, 5.74) is 0.981. The number of ether oxygens (including phenoxy) is 1. The van der Waals surface area contributed by atoms with Gasteiger partial charge in [-0.15, -0.1) is 0 Å². The maximum absolute atomic E-state index is 11.8. The molecule has 0 aromatic carbocycles. The molecule has 1 rings (SSSR count). The van der Waals surface area contributed by atoms with E-state index in [0.717, 1.165) is 24.8 Å². The minimum absolute atomic E-state index is 0.0114. The molecule has 1 aliphatic carbocycles. The molecule has 0 heterocycles. The Morgan fingerprint density at radius 3 is 2.64 bits per heavy atom. The van der Waals surface area contributed by atoms with E-state index in [9.17, 15) is 9.59 Å². The minimum Gasteiger partial charge on any atom is -0.455 e. The lowest BCUT2D eigenvalue weighted by Crippen LogP contribution is -2.28. The van der Waals surface area contributed by atoms with Gasteiger partial charge in [-0.05, 0) is 26.2 Å². The quantitative estimate of drug-likeness (QED) is 0.511. The fourth-order valence-corrected chi connectivity index (χ4v) is 1.85. The van der Waals surface area contributed by atoms with Crippen molar-refractivity contribution in [1.82, 2.24) is 0 Å². The van der Waals surface area contributed by atoms with E-state index in [1.54, 1.807) is 6.92 Å². The normalized spacial score (nSPS) is 23.3. The largest absolute Gasteiger partial charge is 0.455 e. The molecule has 14 heavy (non-hydrogen) atoms. The monoisotopic (exact) mass is 196 g/mol. The van der Waals surface area contributed by atoms with Crippen LogP contribution in [0.1, 0.15) is 33.1 Å². The first-order chi connectivity index (χ1) is 6.52. The number of hydrogen-bond donors (Lipinski definition) is 0. The second kappa shape index (κ2) is 4.40. The van der Waals surface area contributed by atoms with Gasteiger partial charge >= 0.3 is 5.97 Å². The van der Waals surface area contributed by atoms with E-state index in [2.05, 4.69) is 6.58 Å². The number of allylic oxidation sites excluding steroid dienone is 1. The van der Waals surface area contributed by atoms with Gasteiger partial charge in [-0.3, -0.25) is 9.59 Å². The van der Waals surface area contributed by atoms with Crippen LogP contribution in [-0.2, 0) is 14.3 Å². The highest BCUT2D eigenvalue weighted by Crippen LogP contribution is 2.31. The number of carbonyl (C=O) groups excluding carboxylic acids is 2. The van der Waals surface area contributed by atoms with E-state index in [-0.39, 0.29) is 11.7 Å². The maximum Gasteiger partial charge on any atom is 0.303 e. The summed E-state index contributed by atoms with van der Waals surface area (Å²) in [6.45, 7) is 6.79. The number of esters is 1. The predicted octanol–water partition coefficient (Wildman–Crippen LogP) is 1.86. The number of carbonyl (C=O) groups is 2. The molecule has 3 heteroatoms. The van der Waals surface area contributed by atoms with Gasteiger partial charge in [0.1, 0.15) is 0 Å². The third-order valence-electron chi connectivity index (χ3n) is 2.57.